The molecular formula is C17H19NO4. The summed E-state index contributed by atoms with van der Waals surface area (Å²) >= 11 is 0. The van der Waals surface area contributed by atoms with Crippen molar-refractivity contribution in [3.63, 3.8) is 0 Å². The molecule has 2 amide bonds. The number of amides is 2. The Labute approximate surface area is 129 Å². The van der Waals surface area contributed by atoms with Crippen molar-refractivity contribution in [2.45, 2.75) is 19.6 Å². The first-order valence-corrected chi connectivity index (χ1v) is 7.70. The summed E-state index contributed by atoms with van der Waals surface area (Å²) in [6.07, 6.45) is 0. The number of carbonyl (C=O) groups is 2. The van der Waals surface area contributed by atoms with Crippen LogP contribution in [0, 0.1) is 23.7 Å². The third-order valence-electron chi connectivity index (χ3n) is 5.13. The van der Waals surface area contributed by atoms with Crippen molar-refractivity contribution in [3.05, 3.63) is 30.3 Å². The van der Waals surface area contributed by atoms with E-state index >= 15 is 0 Å². The van der Waals surface area contributed by atoms with Crippen LogP contribution in [0.2, 0.25) is 0 Å². The van der Waals surface area contributed by atoms with E-state index in [1.165, 1.54) is 4.90 Å². The minimum Gasteiger partial charge on any atom is -0.350 e. The van der Waals surface area contributed by atoms with Crippen LogP contribution in [0.5, 0.6) is 0 Å². The summed E-state index contributed by atoms with van der Waals surface area (Å²) in [5.74, 6) is -1.17. The van der Waals surface area contributed by atoms with E-state index in [9.17, 15) is 9.59 Å². The number of hydrogen-bond acceptors (Lipinski definition) is 4. The van der Waals surface area contributed by atoms with Gasteiger partial charge in [0.1, 0.15) is 0 Å². The van der Waals surface area contributed by atoms with E-state index in [1.54, 1.807) is 12.1 Å². The van der Waals surface area contributed by atoms with Gasteiger partial charge < -0.3 is 9.47 Å². The fourth-order valence-corrected chi connectivity index (χ4v) is 3.92. The fraction of sp³-hybridized carbons (Fsp3) is 0.529. The zero-order valence-electron chi connectivity index (χ0n) is 12.7. The molecule has 3 fully saturated rings. The Morgan fingerprint density at radius 3 is 1.95 bits per heavy atom. The highest BCUT2D eigenvalue weighted by atomic mass is 16.7. The number of benzene rings is 1. The van der Waals surface area contributed by atoms with E-state index in [0.29, 0.717) is 18.9 Å². The van der Waals surface area contributed by atoms with Gasteiger partial charge in [0.2, 0.25) is 11.8 Å². The Balaban J connectivity index is 1.63. The monoisotopic (exact) mass is 301 g/mol. The molecule has 4 atom stereocenters. The van der Waals surface area contributed by atoms with E-state index in [-0.39, 0.29) is 35.5 Å². The van der Waals surface area contributed by atoms with Crippen LogP contribution >= 0.6 is 0 Å². The molecule has 0 bridgehead atoms. The minimum absolute atomic E-state index is 0.0805. The van der Waals surface area contributed by atoms with Gasteiger partial charge in [-0.1, -0.05) is 18.2 Å². The number of hydrogen-bond donors (Lipinski definition) is 0. The molecule has 1 aliphatic carbocycles. The van der Waals surface area contributed by atoms with Crippen LogP contribution in [0.4, 0.5) is 5.69 Å². The highest BCUT2D eigenvalue weighted by Gasteiger charge is 2.65. The van der Waals surface area contributed by atoms with Crippen LogP contribution in [-0.4, -0.2) is 30.8 Å². The largest absolute Gasteiger partial charge is 0.350 e. The van der Waals surface area contributed by atoms with Crippen molar-refractivity contribution in [2.75, 3.05) is 18.1 Å². The Morgan fingerprint density at radius 2 is 1.45 bits per heavy atom. The van der Waals surface area contributed by atoms with Crippen LogP contribution in [-0.2, 0) is 19.1 Å². The zero-order valence-corrected chi connectivity index (χ0v) is 12.7. The zero-order chi connectivity index (χ0) is 15.5. The van der Waals surface area contributed by atoms with Crippen LogP contribution < -0.4 is 4.90 Å². The lowest BCUT2D eigenvalue weighted by Gasteiger charge is -2.43. The number of carbonyl (C=O) groups excluding carboxylic acids is 2. The molecule has 4 rings (SSSR count). The number of nitrogens with zero attached hydrogens (tertiary/aromatic N) is 1. The second-order valence-electron chi connectivity index (χ2n) is 6.75. The molecule has 0 spiro atoms. The molecular weight excluding hydrogens is 282 g/mol. The number of anilines is 1. The standard InChI is InChI=1S/C17H19NO4/c1-17(2)21-8-11-12(9-22-17)14-13(11)15(19)18(16(14)20)10-6-4-3-5-7-10/h3-7,11-14H,8-9H2,1-2H3/t11-,12+,13+,14-. The van der Waals surface area contributed by atoms with Crippen molar-refractivity contribution in [1.82, 2.24) is 0 Å². The summed E-state index contributed by atoms with van der Waals surface area (Å²) in [6.45, 7) is 4.68. The number of imide groups is 1. The van der Waals surface area contributed by atoms with Crippen LogP contribution in [0.15, 0.2) is 30.3 Å². The summed E-state index contributed by atoms with van der Waals surface area (Å²) in [5.41, 5.74) is 0.656. The molecule has 1 saturated carbocycles. The molecule has 2 aliphatic heterocycles. The van der Waals surface area contributed by atoms with Crippen molar-refractivity contribution in [2.24, 2.45) is 23.7 Å². The molecule has 116 valence electrons. The van der Waals surface area contributed by atoms with Crippen LogP contribution in [0.1, 0.15) is 13.8 Å². The van der Waals surface area contributed by atoms with Crippen LogP contribution in [0.25, 0.3) is 0 Å². The first-order chi connectivity index (χ1) is 10.5. The number of fused-ring (bicyclic) bond motifs is 4. The fourth-order valence-electron chi connectivity index (χ4n) is 3.92. The van der Waals surface area contributed by atoms with E-state index in [0.717, 1.165) is 0 Å². The van der Waals surface area contributed by atoms with Gasteiger partial charge in [0.25, 0.3) is 0 Å². The summed E-state index contributed by atoms with van der Waals surface area (Å²) in [5, 5.41) is 0. The molecule has 0 unspecified atom stereocenters. The predicted octanol–water partition coefficient (Wildman–Crippen LogP) is 1.82. The summed E-state index contributed by atoms with van der Waals surface area (Å²) < 4.78 is 11.5. The summed E-state index contributed by atoms with van der Waals surface area (Å²) in [6, 6.07) is 9.14. The van der Waals surface area contributed by atoms with E-state index in [4.69, 9.17) is 9.47 Å². The highest BCUT2D eigenvalue weighted by molar-refractivity contribution is 6.23. The molecule has 22 heavy (non-hydrogen) atoms. The van der Waals surface area contributed by atoms with E-state index < -0.39 is 5.79 Å². The summed E-state index contributed by atoms with van der Waals surface area (Å²) in [7, 11) is 0. The van der Waals surface area contributed by atoms with Gasteiger partial charge in [-0.3, -0.25) is 14.5 Å². The molecule has 5 nitrogen and oxygen atoms in total. The van der Waals surface area contributed by atoms with Gasteiger partial charge >= 0.3 is 0 Å². The maximum atomic E-state index is 12.7. The average molecular weight is 301 g/mol. The average Bonchev–Trinajstić information content (AvgIpc) is 2.58. The lowest BCUT2D eigenvalue weighted by atomic mass is 9.58. The van der Waals surface area contributed by atoms with Crippen molar-refractivity contribution >= 4 is 17.5 Å². The number of ether oxygens (including phenoxy) is 2. The normalized spacial score (nSPS) is 36.4. The lowest BCUT2D eigenvalue weighted by Crippen LogP contribution is -2.51. The first kappa shape index (κ1) is 13.9. The lowest BCUT2D eigenvalue weighted by molar-refractivity contribution is -0.202. The first-order valence-electron chi connectivity index (χ1n) is 7.70. The maximum Gasteiger partial charge on any atom is 0.238 e. The molecule has 1 aromatic carbocycles. The Hall–Kier alpha value is -1.72. The molecule has 2 saturated heterocycles. The third-order valence-corrected chi connectivity index (χ3v) is 5.13. The number of rotatable bonds is 1. The SMILES string of the molecule is CC1(C)OC[C@@H]2[C@H](CO1)[C@H]1C(=O)N(c3ccccc3)C(=O)[C@@H]21. The van der Waals surface area contributed by atoms with Crippen molar-refractivity contribution < 1.29 is 19.1 Å². The number of para-hydroxylation sites is 1. The Morgan fingerprint density at radius 1 is 0.955 bits per heavy atom. The second kappa shape index (κ2) is 4.64. The molecule has 0 aromatic heterocycles. The van der Waals surface area contributed by atoms with Gasteiger partial charge in [0.15, 0.2) is 5.79 Å². The summed E-state index contributed by atoms with van der Waals surface area (Å²) in [4.78, 5) is 26.8. The second-order valence-corrected chi connectivity index (χ2v) is 6.75. The van der Waals surface area contributed by atoms with E-state index in [1.807, 2.05) is 32.0 Å². The smallest absolute Gasteiger partial charge is 0.238 e. The van der Waals surface area contributed by atoms with Gasteiger partial charge in [0.05, 0.1) is 30.7 Å². The molecule has 5 heteroatoms. The molecule has 0 radical (unpaired) electrons. The van der Waals surface area contributed by atoms with Gasteiger partial charge in [-0.05, 0) is 26.0 Å². The van der Waals surface area contributed by atoms with Crippen molar-refractivity contribution in [3.8, 4) is 0 Å². The highest BCUT2D eigenvalue weighted by Crippen LogP contribution is 2.54. The molecule has 0 N–H and O–H groups in total. The Bertz CT molecular complexity index is 593. The third kappa shape index (κ3) is 1.85. The van der Waals surface area contributed by atoms with Crippen molar-refractivity contribution in [1.29, 1.82) is 0 Å². The maximum absolute atomic E-state index is 12.7. The van der Waals surface area contributed by atoms with Gasteiger partial charge in [-0.25, -0.2) is 0 Å². The van der Waals surface area contributed by atoms with Crippen LogP contribution in [0.3, 0.4) is 0 Å². The van der Waals surface area contributed by atoms with Gasteiger partial charge in [-0.2, -0.15) is 0 Å². The minimum atomic E-state index is -0.642. The van der Waals surface area contributed by atoms with Gasteiger partial charge in [-0.15, -0.1) is 0 Å². The molecule has 2 heterocycles. The van der Waals surface area contributed by atoms with E-state index in [2.05, 4.69) is 0 Å². The molecule has 1 aromatic rings. The topological polar surface area (TPSA) is 55.8 Å². The predicted molar refractivity (Wildman–Crippen MR) is 78.9 cm³/mol. The Kier molecular flexibility index (Phi) is 2.93. The quantitative estimate of drug-likeness (QED) is 0.743. The van der Waals surface area contributed by atoms with Gasteiger partial charge in [0, 0.05) is 11.8 Å². The molecule has 3 aliphatic rings.